The first-order valence-electron chi connectivity index (χ1n) is 14.0. The van der Waals surface area contributed by atoms with Crippen LogP contribution in [0, 0.1) is 34.4 Å². The number of aromatic nitrogens is 3. The number of hydrogen-bond acceptors (Lipinski definition) is 6. The average Bonchev–Trinajstić information content (AvgIpc) is 3.65. The molecule has 3 heterocycles. The second kappa shape index (κ2) is 9.20. The molecule has 1 aliphatic heterocycles. The lowest BCUT2D eigenvalue weighted by atomic mass is 9.56. The van der Waals surface area contributed by atoms with Crippen molar-refractivity contribution < 1.29 is 13.9 Å². The van der Waals surface area contributed by atoms with Crippen molar-refractivity contribution in [1.82, 2.24) is 14.5 Å². The zero-order valence-corrected chi connectivity index (χ0v) is 22.0. The van der Waals surface area contributed by atoms with Gasteiger partial charge in [-0.05, 0) is 80.4 Å². The van der Waals surface area contributed by atoms with E-state index in [1.54, 1.807) is 30.7 Å². The Labute approximate surface area is 226 Å². The number of nitriles is 1. The van der Waals surface area contributed by atoms with E-state index in [9.17, 15) is 10.4 Å². The van der Waals surface area contributed by atoms with Crippen LogP contribution in [0.3, 0.4) is 0 Å². The largest absolute Gasteiger partial charge is 0.424 e. The van der Waals surface area contributed by atoms with Gasteiger partial charge in [-0.1, -0.05) is 19.1 Å². The Hall–Kier alpha value is -3.70. The Bertz CT molecular complexity index is 1590. The van der Waals surface area contributed by atoms with E-state index in [1.165, 1.54) is 6.07 Å². The van der Waals surface area contributed by atoms with Crippen LogP contribution in [0.4, 0.5) is 10.4 Å². The Kier molecular flexibility index (Phi) is 5.74. The van der Waals surface area contributed by atoms with Crippen molar-refractivity contribution in [2.75, 3.05) is 5.32 Å². The van der Waals surface area contributed by atoms with E-state index in [1.807, 2.05) is 16.7 Å². The number of imidazole rings is 1. The molecule has 2 aromatic carbocycles. The Morgan fingerprint density at radius 1 is 1.28 bits per heavy atom. The van der Waals surface area contributed by atoms with Gasteiger partial charge < -0.3 is 19.4 Å². The minimum atomic E-state index is -0.564. The highest BCUT2D eigenvalue weighted by molar-refractivity contribution is 5.76. The molecule has 2 aliphatic carbocycles. The first-order chi connectivity index (χ1) is 19.0. The number of anilines is 1. The van der Waals surface area contributed by atoms with Gasteiger partial charge in [0.1, 0.15) is 11.3 Å². The minimum absolute atomic E-state index is 0.202. The van der Waals surface area contributed by atoms with Crippen LogP contribution in [0.2, 0.25) is 0 Å². The first-order valence-corrected chi connectivity index (χ1v) is 14.0. The van der Waals surface area contributed by atoms with Gasteiger partial charge in [-0.15, -0.1) is 0 Å². The lowest BCUT2D eigenvalue weighted by Crippen LogP contribution is -2.49. The summed E-state index contributed by atoms with van der Waals surface area (Å²) in [4.78, 5) is 8.93. The number of rotatable bonds is 6. The maximum Gasteiger partial charge on any atom is 0.295 e. The van der Waals surface area contributed by atoms with Gasteiger partial charge in [0.15, 0.2) is 5.58 Å². The molecule has 2 fully saturated rings. The highest BCUT2D eigenvalue weighted by atomic mass is 19.1. The van der Waals surface area contributed by atoms with E-state index < -0.39 is 6.10 Å². The number of hydrogen-bond donors (Lipinski definition) is 2. The molecule has 6 unspecified atom stereocenters. The smallest absolute Gasteiger partial charge is 0.295 e. The second-order valence-electron chi connectivity index (χ2n) is 11.8. The van der Waals surface area contributed by atoms with Gasteiger partial charge in [-0.2, -0.15) is 10.2 Å². The normalized spacial score (nSPS) is 28.1. The van der Waals surface area contributed by atoms with Crippen molar-refractivity contribution in [3.63, 3.8) is 0 Å². The summed E-state index contributed by atoms with van der Waals surface area (Å²) in [6.45, 7) is 2.19. The predicted molar refractivity (Wildman–Crippen MR) is 145 cm³/mol. The Morgan fingerprint density at radius 3 is 3.03 bits per heavy atom. The van der Waals surface area contributed by atoms with Crippen LogP contribution in [-0.2, 0) is 0 Å². The summed E-state index contributed by atoms with van der Waals surface area (Å²) >= 11 is 0. The molecule has 0 spiro atoms. The molecule has 2 saturated carbocycles. The number of fused-ring (bicyclic) bond motifs is 6. The third-order valence-corrected chi connectivity index (χ3v) is 9.80. The molecule has 4 aromatic rings. The molecule has 200 valence electrons. The summed E-state index contributed by atoms with van der Waals surface area (Å²) in [5, 5.41) is 24.7. The average molecular weight is 526 g/mol. The van der Waals surface area contributed by atoms with E-state index in [-0.39, 0.29) is 23.3 Å². The Balaban J connectivity index is 1.13. The first kappa shape index (κ1) is 24.3. The molecule has 6 atom stereocenters. The van der Waals surface area contributed by atoms with Crippen molar-refractivity contribution in [2.45, 2.75) is 70.1 Å². The highest BCUT2D eigenvalue weighted by Crippen LogP contribution is 2.55. The van der Waals surface area contributed by atoms with Crippen LogP contribution in [-0.4, -0.2) is 31.8 Å². The van der Waals surface area contributed by atoms with Gasteiger partial charge >= 0.3 is 0 Å². The van der Waals surface area contributed by atoms with Crippen LogP contribution in [0.1, 0.15) is 69.0 Å². The standard InChI is InChI=1S/C31H32FN5O2/c1-2-31(28(38)12-25-29-21(4-3-5-22(29)32)26-16-34-17-37(25)26)13-18-6-8-23(20(10-18)14-31)35-30-36-24-9-7-19(15-33)11-27(24)39-30/h3-5,7,9,11,16-18,20,23,25,28,38H,2,6,8,10,12-14H2,1H3,(H,35,36). The molecular weight excluding hydrogens is 493 g/mol. The molecule has 39 heavy (non-hydrogen) atoms. The monoisotopic (exact) mass is 525 g/mol. The number of halogens is 1. The molecule has 0 radical (unpaired) electrons. The van der Waals surface area contributed by atoms with Crippen molar-refractivity contribution in [2.24, 2.45) is 17.3 Å². The zero-order valence-electron chi connectivity index (χ0n) is 22.0. The van der Waals surface area contributed by atoms with E-state index >= 15 is 4.39 Å². The summed E-state index contributed by atoms with van der Waals surface area (Å²) in [6.07, 6.45) is 9.49. The van der Waals surface area contributed by atoms with Crippen LogP contribution in [0.15, 0.2) is 53.3 Å². The lowest BCUT2D eigenvalue weighted by molar-refractivity contribution is -0.0630. The number of nitrogens with zero attached hydrogens (tertiary/aromatic N) is 4. The molecule has 2 bridgehead atoms. The molecule has 0 saturated heterocycles. The number of oxazole rings is 1. The summed E-state index contributed by atoms with van der Waals surface area (Å²) < 4.78 is 23.1. The fourth-order valence-corrected chi connectivity index (χ4v) is 7.85. The van der Waals surface area contributed by atoms with Crippen molar-refractivity contribution in [1.29, 1.82) is 5.26 Å². The topological polar surface area (TPSA) is 99.9 Å². The molecular formula is C31H32FN5O2. The van der Waals surface area contributed by atoms with Crippen LogP contribution in [0.5, 0.6) is 0 Å². The summed E-state index contributed by atoms with van der Waals surface area (Å²) in [7, 11) is 0. The van der Waals surface area contributed by atoms with Crippen molar-refractivity contribution in [3.05, 3.63) is 65.9 Å². The molecule has 0 amide bonds. The second-order valence-corrected chi connectivity index (χ2v) is 11.8. The maximum absolute atomic E-state index is 15.1. The number of nitrogens with one attached hydrogen (secondary N) is 1. The maximum atomic E-state index is 15.1. The van der Waals surface area contributed by atoms with Gasteiger partial charge in [0, 0.05) is 23.2 Å². The van der Waals surface area contributed by atoms with Gasteiger partial charge in [-0.3, -0.25) is 0 Å². The van der Waals surface area contributed by atoms with Gasteiger partial charge in [0.2, 0.25) is 0 Å². The van der Waals surface area contributed by atoms with E-state index in [4.69, 9.17) is 4.42 Å². The van der Waals surface area contributed by atoms with Gasteiger partial charge in [0.05, 0.1) is 42.0 Å². The fraction of sp³-hybridized carbons (Fsp3) is 0.452. The third kappa shape index (κ3) is 3.94. The number of aliphatic hydroxyl groups excluding tert-OH is 1. The summed E-state index contributed by atoms with van der Waals surface area (Å²) in [6, 6.07) is 13.1. The molecule has 8 heteroatoms. The van der Waals surface area contributed by atoms with Gasteiger partial charge in [0.25, 0.3) is 6.01 Å². The fourth-order valence-electron chi connectivity index (χ4n) is 7.85. The highest BCUT2D eigenvalue weighted by Gasteiger charge is 2.49. The lowest BCUT2D eigenvalue weighted by Gasteiger charge is -2.52. The number of benzene rings is 2. The summed E-state index contributed by atoms with van der Waals surface area (Å²) in [5.41, 5.74) is 4.12. The number of aliphatic hydroxyl groups is 1. The van der Waals surface area contributed by atoms with Crippen LogP contribution >= 0.6 is 0 Å². The Morgan fingerprint density at radius 2 is 2.18 bits per heavy atom. The van der Waals surface area contributed by atoms with E-state index in [2.05, 4.69) is 28.3 Å². The molecule has 7 nitrogen and oxygen atoms in total. The summed E-state index contributed by atoms with van der Waals surface area (Å²) in [5.74, 6) is 0.728. The van der Waals surface area contributed by atoms with Gasteiger partial charge in [-0.25, -0.2) is 9.37 Å². The molecule has 2 aromatic heterocycles. The molecule has 2 N–H and O–H groups in total. The zero-order chi connectivity index (χ0) is 26.7. The quantitative estimate of drug-likeness (QED) is 0.300. The molecule has 7 rings (SSSR count). The van der Waals surface area contributed by atoms with E-state index in [0.29, 0.717) is 41.0 Å². The van der Waals surface area contributed by atoms with Crippen molar-refractivity contribution in [3.8, 4) is 17.3 Å². The predicted octanol–water partition coefficient (Wildman–Crippen LogP) is 6.44. The SMILES string of the molecule is CCC1(C(O)CC2c3c(F)cccc3-c3cncn32)CC2CCC(Nc3nc4ccc(C#N)cc4o3)C(C2)C1. The van der Waals surface area contributed by atoms with Crippen LogP contribution < -0.4 is 5.32 Å². The van der Waals surface area contributed by atoms with E-state index in [0.717, 1.165) is 55.3 Å². The third-order valence-electron chi connectivity index (χ3n) is 9.80. The minimum Gasteiger partial charge on any atom is -0.424 e. The van der Waals surface area contributed by atoms with Crippen molar-refractivity contribution >= 4 is 17.1 Å². The van der Waals surface area contributed by atoms with Crippen LogP contribution in [0.25, 0.3) is 22.4 Å². The molecule has 3 aliphatic rings.